The van der Waals surface area contributed by atoms with Gasteiger partial charge >= 0.3 is 17.9 Å². The quantitative estimate of drug-likeness (QED) is 0.399. The molecule has 0 amide bonds. The first kappa shape index (κ1) is 22.8. The van der Waals surface area contributed by atoms with Gasteiger partial charge in [0.2, 0.25) is 0 Å². The highest BCUT2D eigenvalue weighted by Gasteiger charge is 2.55. The number of hydrogen-bond acceptors (Lipinski definition) is 8. The van der Waals surface area contributed by atoms with Gasteiger partial charge in [-0.3, -0.25) is 4.90 Å². The average molecular weight is 441 g/mol. The Morgan fingerprint density at radius 1 is 1.09 bits per heavy atom. The second-order valence-corrected chi connectivity index (χ2v) is 6.81. The second-order valence-electron chi connectivity index (χ2n) is 6.81. The molecule has 8 nitrogen and oxygen atoms in total. The van der Waals surface area contributed by atoms with Gasteiger partial charge in [-0.1, -0.05) is 18.1 Å². The Kier molecular flexibility index (Phi) is 6.46. The zero-order valence-corrected chi connectivity index (χ0v) is 17.8. The first-order valence-electron chi connectivity index (χ1n) is 9.39. The van der Waals surface area contributed by atoms with Gasteiger partial charge in [0.25, 0.3) is 0 Å². The third-order valence-corrected chi connectivity index (χ3v) is 4.86. The summed E-state index contributed by atoms with van der Waals surface area (Å²) in [7, 11) is 3.36. The number of halogens is 1. The van der Waals surface area contributed by atoms with E-state index >= 15 is 0 Å². The van der Waals surface area contributed by atoms with E-state index in [1.165, 1.54) is 30.0 Å². The molecule has 2 atom stereocenters. The fraction of sp³-hybridized carbons (Fsp3) is 0.261. The molecule has 0 aromatic heterocycles. The van der Waals surface area contributed by atoms with Gasteiger partial charge in [0.15, 0.2) is 11.8 Å². The molecule has 0 saturated heterocycles. The summed E-state index contributed by atoms with van der Waals surface area (Å²) >= 11 is 0. The molecular formula is C23H20FNO7. The largest absolute Gasteiger partial charge is 0.467 e. The van der Waals surface area contributed by atoms with Gasteiger partial charge < -0.3 is 18.9 Å². The summed E-state index contributed by atoms with van der Waals surface area (Å²) in [6.45, 7) is 1.30. The monoisotopic (exact) mass is 441 g/mol. The zero-order valence-electron chi connectivity index (χ0n) is 17.8. The molecule has 2 heterocycles. The molecule has 0 fully saturated rings. The van der Waals surface area contributed by atoms with E-state index in [9.17, 15) is 18.8 Å². The van der Waals surface area contributed by atoms with Gasteiger partial charge in [0.1, 0.15) is 17.1 Å². The van der Waals surface area contributed by atoms with Crippen molar-refractivity contribution in [1.82, 2.24) is 4.90 Å². The van der Waals surface area contributed by atoms with Crippen LogP contribution in [-0.2, 0) is 33.3 Å². The fourth-order valence-corrected chi connectivity index (χ4v) is 3.37. The van der Waals surface area contributed by atoms with Crippen molar-refractivity contribution in [3.63, 3.8) is 0 Å². The standard InChI is InChI=1S/C23H20FNO7/c1-23(22(28)31-4)18(20(26)29-2)19(21(27)30-3)25-16(9-6-10-17(25)32-23)12-11-14-7-5-8-15(24)13-14/h5-10,13,17H,1-4H3. The lowest BCUT2D eigenvalue weighted by Crippen LogP contribution is -2.57. The van der Waals surface area contributed by atoms with Crippen molar-refractivity contribution in [3.8, 4) is 11.8 Å². The van der Waals surface area contributed by atoms with E-state index in [-0.39, 0.29) is 11.4 Å². The molecular weight excluding hydrogens is 421 g/mol. The molecule has 9 heteroatoms. The number of esters is 3. The zero-order chi connectivity index (χ0) is 23.5. The minimum absolute atomic E-state index is 0.246. The molecule has 2 aliphatic heterocycles. The third kappa shape index (κ3) is 4.00. The number of carbonyl (C=O) groups excluding carboxylic acids is 3. The number of fused-ring (bicyclic) bond motifs is 1. The van der Waals surface area contributed by atoms with Gasteiger partial charge in [-0.15, -0.1) is 0 Å². The van der Waals surface area contributed by atoms with Crippen LogP contribution in [0.3, 0.4) is 0 Å². The topological polar surface area (TPSA) is 91.4 Å². The third-order valence-electron chi connectivity index (χ3n) is 4.86. The molecule has 1 aromatic rings. The van der Waals surface area contributed by atoms with Crippen LogP contribution in [0.4, 0.5) is 4.39 Å². The van der Waals surface area contributed by atoms with Crippen LogP contribution in [-0.4, -0.2) is 56.0 Å². The number of hydrogen-bond donors (Lipinski definition) is 0. The Morgan fingerprint density at radius 3 is 2.44 bits per heavy atom. The maximum Gasteiger partial charge on any atom is 0.355 e. The molecule has 2 aliphatic rings. The van der Waals surface area contributed by atoms with Crippen LogP contribution < -0.4 is 0 Å². The molecule has 2 unspecified atom stereocenters. The molecule has 0 radical (unpaired) electrons. The Bertz CT molecular complexity index is 1120. The summed E-state index contributed by atoms with van der Waals surface area (Å²) in [6, 6.07) is 5.67. The maximum absolute atomic E-state index is 13.5. The summed E-state index contributed by atoms with van der Waals surface area (Å²) in [5, 5.41) is 0. The predicted molar refractivity (Wildman–Crippen MR) is 109 cm³/mol. The SMILES string of the molecule is COC(=O)C1=C(C(=O)OC)C(C)(C(=O)OC)OC2C=CC=C(C#Cc3cccc(F)c3)N12. The number of benzene rings is 1. The van der Waals surface area contributed by atoms with Crippen LogP contribution in [0.15, 0.2) is 59.5 Å². The molecule has 166 valence electrons. The van der Waals surface area contributed by atoms with E-state index in [4.69, 9.17) is 18.9 Å². The van der Waals surface area contributed by atoms with E-state index < -0.39 is 41.1 Å². The Morgan fingerprint density at radius 2 is 1.81 bits per heavy atom. The number of methoxy groups -OCH3 is 3. The molecule has 0 saturated carbocycles. The summed E-state index contributed by atoms with van der Waals surface area (Å²) in [6.07, 6.45) is 3.76. The van der Waals surface area contributed by atoms with E-state index in [0.717, 1.165) is 21.3 Å². The molecule has 32 heavy (non-hydrogen) atoms. The highest BCUT2D eigenvalue weighted by atomic mass is 19.1. The lowest BCUT2D eigenvalue weighted by molar-refractivity contribution is -0.182. The lowest BCUT2D eigenvalue weighted by Gasteiger charge is -2.44. The van der Waals surface area contributed by atoms with E-state index in [2.05, 4.69) is 11.8 Å². The van der Waals surface area contributed by atoms with Gasteiger partial charge in [0.05, 0.1) is 27.0 Å². The van der Waals surface area contributed by atoms with Crippen LogP contribution in [0.25, 0.3) is 0 Å². The van der Waals surface area contributed by atoms with E-state index in [1.54, 1.807) is 24.3 Å². The summed E-state index contributed by atoms with van der Waals surface area (Å²) < 4.78 is 34.0. The Labute approximate surface area is 183 Å². The van der Waals surface area contributed by atoms with Crippen molar-refractivity contribution in [2.45, 2.75) is 18.8 Å². The van der Waals surface area contributed by atoms with Gasteiger partial charge in [-0.2, -0.15) is 0 Å². The van der Waals surface area contributed by atoms with Crippen LogP contribution in [0, 0.1) is 17.7 Å². The fourth-order valence-electron chi connectivity index (χ4n) is 3.37. The summed E-state index contributed by atoms with van der Waals surface area (Å²) in [5.74, 6) is 2.40. The molecule has 0 spiro atoms. The van der Waals surface area contributed by atoms with Crippen molar-refractivity contribution in [1.29, 1.82) is 0 Å². The molecule has 1 aromatic carbocycles. The van der Waals surface area contributed by atoms with Crippen molar-refractivity contribution in [3.05, 3.63) is 70.8 Å². The van der Waals surface area contributed by atoms with Crippen molar-refractivity contribution < 1.29 is 37.7 Å². The number of ether oxygens (including phenoxy) is 4. The summed E-state index contributed by atoms with van der Waals surface area (Å²) in [5.41, 5.74) is -2.01. The van der Waals surface area contributed by atoms with Gasteiger partial charge in [-0.25, -0.2) is 18.8 Å². The van der Waals surface area contributed by atoms with E-state index in [0.29, 0.717) is 5.56 Å². The smallest absolute Gasteiger partial charge is 0.355 e. The Hall–Kier alpha value is -3.90. The lowest BCUT2D eigenvalue weighted by atomic mass is 9.89. The van der Waals surface area contributed by atoms with Gasteiger partial charge in [0, 0.05) is 5.56 Å². The maximum atomic E-state index is 13.5. The van der Waals surface area contributed by atoms with Crippen molar-refractivity contribution in [2.75, 3.05) is 21.3 Å². The molecule has 0 aliphatic carbocycles. The van der Waals surface area contributed by atoms with Crippen LogP contribution in [0.5, 0.6) is 0 Å². The first-order chi connectivity index (χ1) is 15.3. The first-order valence-corrected chi connectivity index (χ1v) is 9.39. The molecule has 0 N–H and O–H groups in total. The second kappa shape index (κ2) is 9.08. The number of nitrogens with zero attached hydrogens (tertiary/aromatic N) is 1. The molecule has 0 bridgehead atoms. The molecule has 3 rings (SSSR count). The van der Waals surface area contributed by atoms with E-state index in [1.807, 2.05) is 0 Å². The number of allylic oxidation sites excluding steroid dienone is 3. The highest BCUT2D eigenvalue weighted by Crippen LogP contribution is 2.40. The minimum atomic E-state index is -1.96. The van der Waals surface area contributed by atoms with Gasteiger partial charge in [-0.05, 0) is 43.2 Å². The predicted octanol–water partition coefficient (Wildman–Crippen LogP) is 1.82. The Balaban J connectivity index is 2.22. The average Bonchev–Trinajstić information content (AvgIpc) is 2.80. The van der Waals surface area contributed by atoms with Crippen LogP contribution >= 0.6 is 0 Å². The summed E-state index contributed by atoms with van der Waals surface area (Å²) in [4.78, 5) is 39.5. The van der Waals surface area contributed by atoms with Crippen LogP contribution in [0.1, 0.15) is 12.5 Å². The van der Waals surface area contributed by atoms with Crippen LogP contribution in [0.2, 0.25) is 0 Å². The van der Waals surface area contributed by atoms with Crippen molar-refractivity contribution in [2.24, 2.45) is 0 Å². The highest BCUT2D eigenvalue weighted by molar-refractivity contribution is 6.07. The minimum Gasteiger partial charge on any atom is -0.467 e. The van der Waals surface area contributed by atoms with Crippen molar-refractivity contribution >= 4 is 17.9 Å². The number of carbonyl (C=O) groups is 3. The number of rotatable bonds is 3. The normalized spacial score (nSPS) is 21.6.